The van der Waals surface area contributed by atoms with Crippen LogP contribution in [0.5, 0.6) is 0 Å². The first kappa shape index (κ1) is 21.9. The molecule has 31 heavy (non-hydrogen) atoms. The number of aliphatic imine (C=N–C) groups is 1. The van der Waals surface area contributed by atoms with E-state index in [4.69, 9.17) is 0 Å². The molecule has 160 valence electrons. The normalized spacial score (nSPS) is 12.4. The van der Waals surface area contributed by atoms with Crippen LogP contribution in [-0.4, -0.2) is 38.9 Å². The van der Waals surface area contributed by atoms with Crippen LogP contribution >= 0.6 is 0 Å². The van der Waals surface area contributed by atoms with E-state index >= 15 is 0 Å². The SMILES string of the molecule is C/C=C(\CC=NC)c1cc(C(F)(F)F)n(-c2ccc(NC(=O)c3ccncc3)nc2)n1. The lowest BCUT2D eigenvalue weighted by atomic mass is 10.1. The van der Waals surface area contributed by atoms with Crippen LogP contribution in [-0.2, 0) is 6.18 Å². The molecular formula is C21H19F3N6O. The van der Waals surface area contributed by atoms with Crippen LogP contribution < -0.4 is 5.32 Å². The minimum atomic E-state index is -4.61. The number of aromatic nitrogens is 4. The molecule has 0 fully saturated rings. The quantitative estimate of drug-likeness (QED) is 0.589. The van der Waals surface area contributed by atoms with Gasteiger partial charge in [-0.1, -0.05) is 6.08 Å². The Kier molecular flexibility index (Phi) is 6.58. The molecule has 0 aliphatic rings. The highest BCUT2D eigenvalue weighted by Gasteiger charge is 2.36. The second-order valence-electron chi connectivity index (χ2n) is 6.37. The van der Waals surface area contributed by atoms with Gasteiger partial charge in [-0.2, -0.15) is 18.3 Å². The molecule has 3 aromatic heterocycles. The first-order valence-electron chi connectivity index (χ1n) is 9.24. The van der Waals surface area contributed by atoms with Gasteiger partial charge in [-0.05, 0) is 42.8 Å². The fourth-order valence-electron chi connectivity index (χ4n) is 2.77. The van der Waals surface area contributed by atoms with Crippen molar-refractivity contribution in [2.24, 2.45) is 4.99 Å². The Morgan fingerprint density at radius 3 is 2.55 bits per heavy atom. The highest BCUT2D eigenvalue weighted by atomic mass is 19.4. The third-order valence-corrected chi connectivity index (χ3v) is 4.35. The van der Waals surface area contributed by atoms with Gasteiger partial charge in [-0.3, -0.25) is 9.78 Å². The summed E-state index contributed by atoms with van der Waals surface area (Å²) in [4.78, 5) is 24.0. The van der Waals surface area contributed by atoms with E-state index in [9.17, 15) is 18.0 Å². The predicted octanol–water partition coefficient (Wildman–Crippen LogP) is 4.43. The number of hydrogen-bond acceptors (Lipinski definition) is 5. The third kappa shape index (κ3) is 5.21. The molecule has 0 aliphatic heterocycles. The molecule has 3 rings (SSSR count). The van der Waals surface area contributed by atoms with Gasteiger partial charge < -0.3 is 10.3 Å². The summed E-state index contributed by atoms with van der Waals surface area (Å²) in [7, 11) is 1.59. The van der Waals surface area contributed by atoms with Gasteiger partial charge in [0.25, 0.3) is 5.91 Å². The first-order chi connectivity index (χ1) is 14.8. The van der Waals surface area contributed by atoms with E-state index < -0.39 is 17.8 Å². The number of amides is 1. The maximum atomic E-state index is 13.6. The number of alkyl halides is 3. The monoisotopic (exact) mass is 428 g/mol. The van der Waals surface area contributed by atoms with Gasteiger partial charge in [0, 0.05) is 37.6 Å². The lowest BCUT2D eigenvalue weighted by Crippen LogP contribution is -2.15. The van der Waals surface area contributed by atoms with Gasteiger partial charge in [0.1, 0.15) is 11.5 Å². The van der Waals surface area contributed by atoms with E-state index in [1.807, 2.05) is 0 Å². The highest BCUT2D eigenvalue weighted by Crippen LogP contribution is 2.33. The van der Waals surface area contributed by atoms with Crippen molar-refractivity contribution in [3.63, 3.8) is 0 Å². The van der Waals surface area contributed by atoms with Crippen molar-refractivity contribution in [1.29, 1.82) is 0 Å². The number of carbonyl (C=O) groups excluding carboxylic acids is 1. The molecule has 0 aliphatic carbocycles. The Labute approximate surface area is 176 Å². The fraction of sp³-hybridized carbons (Fsp3) is 0.190. The number of nitrogens with zero attached hydrogens (tertiary/aromatic N) is 5. The molecule has 0 aromatic carbocycles. The molecule has 0 saturated heterocycles. The van der Waals surface area contributed by atoms with Crippen LogP contribution in [0.1, 0.15) is 35.1 Å². The molecule has 7 nitrogen and oxygen atoms in total. The number of allylic oxidation sites excluding steroid dienone is 2. The first-order valence-corrected chi connectivity index (χ1v) is 9.24. The van der Waals surface area contributed by atoms with Crippen molar-refractivity contribution >= 4 is 23.5 Å². The predicted molar refractivity (Wildman–Crippen MR) is 111 cm³/mol. The van der Waals surface area contributed by atoms with Gasteiger partial charge >= 0.3 is 6.18 Å². The van der Waals surface area contributed by atoms with Crippen LogP contribution in [0.4, 0.5) is 19.0 Å². The molecule has 0 bridgehead atoms. The van der Waals surface area contributed by atoms with Crippen molar-refractivity contribution in [2.75, 3.05) is 12.4 Å². The Morgan fingerprint density at radius 1 is 1.23 bits per heavy atom. The van der Waals surface area contributed by atoms with Crippen LogP contribution in [0.15, 0.2) is 60.0 Å². The molecule has 3 aromatic rings. The van der Waals surface area contributed by atoms with E-state index in [1.165, 1.54) is 42.9 Å². The number of pyridine rings is 2. The second-order valence-corrected chi connectivity index (χ2v) is 6.37. The number of hydrogen-bond donors (Lipinski definition) is 1. The van der Waals surface area contributed by atoms with Crippen LogP contribution in [0.25, 0.3) is 11.3 Å². The van der Waals surface area contributed by atoms with Gasteiger partial charge in [-0.15, -0.1) is 0 Å². The number of anilines is 1. The van der Waals surface area contributed by atoms with E-state index in [2.05, 4.69) is 25.4 Å². The summed E-state index contributed by atoms with van der Waals surface area (Å²) in [5.74, 6) is -0.213. The van der Waals surface area contributed by atoms with E-state index in [-0.39, 0.29) is 17.2 Å². The average Bonchev–Trinajstić information content (AvgIpc) is 3.21. The summed E-state index contributed by atoms with van der Waals surface area (Å²) >= 11 is 0. The van der Waals surface area contributed by atoms with Crippen molar-refractivity contribution < 1.29 is 18.0 Å². The van der Waals surface area contributed by atoms with Crippen molar-refractivity contribution in [2.45, 2.75) is 19.5 Å². The smallest absolute Gasteiger partial charge is 0.307 e. The van der Waals surface area contributed by atoms with Crippen molar-refractivity contribution in [1.82, 2.24) is 19.7 Å². The molecule has 0 saturated carbocycles. The topological polar surface area (TPSA) is 85.1 Å². The zero-order chi connectivity index (χ0) is 22.4. The maximum absolute atomic E-state index is 13.6. The zero-order valence-electron chi connectivity index (χ0n) is 16.8. The lowest BCUT2D eigenvalue weighted by molar-refractivity contribution is -0.142. The largest absolute Gasteiger partial charge is 0.433 e. The van der Waals surface area contributed by atoms with Gasteiger partial charge in [0.15, 0.2) is 0 Å². The minimum absolute atomic E-state index is 0.111. The summed E-state index contributed by atoms with van der Waals surface area (Å²) in [6, 6.07) is 6.89. The number of rotatable bonds is 6. The van der Waals surface area contributed by atoms with Crippen molar-refractivity contribution in [3.8, 4) is 5.69 Å². The number of nitrogens with one attached hydrogen (secondary N) is 1. The number of carbonyl (C=O) groups is 1. The van der Waals surface area contributed by atoms with Gasteiger partial charge in [0.2, 0.25) is 0 Å². The molecule has 0 spiro atoms. The Morgan fingerprint density at radius 2 is 1.97 bits per heavy atom. The zero-order valence-corrected chi connectivity index (χ0v) is 16.8. The van der Waals surface area contributed by atoms with E-state index in [0.717, 1.165) is 10.7 Å². The molecule has 1 N–H and O–H groups in total. The molecule has 1 amide bonds. The van der Waals surface area contributed by atoms with Crippen LogP contribution in [0.3, 0.4) is 0 Å². The van der Waals surface area contributed by atoms with Crippen LogP contribution in [0.2, 0.25) is 0 Å². The van der Waals surface area contributed by atoms with E-state index in [0.29, 0.717) is 17.6 Å². The lowest BCUT2D eigenvalue weighted by Gasteiger charge is -2.10. The Balaban J connectivity index is 1.90. The van der Waals surface area contributed by atoms with Crippen molar-refractivity contribution in [3.05, 3.63) is 71.9 Å². The Bertz CT molecular complexity index is 1100. The average molecular weight is 428 g/mol. The van der Waals surface area contributed by atoms with Gasteiger partial charge in [0.05, 0.1) is 17.6 Å². The fourth-order valence-corrected chi connectivity index (χ4v) is 2.77. The highest BCUT2D eigenvalue weighted by molar-refractivity contribution is 6.03. The summed E-state index contributed by atoms with van der Waals surface area (Å²) in [6.07, 6.45) is 3.22. The minimum Gasteiger partial charge on any atom is -0.307 e. The van der Waals surface area contributed by atoms with E-state index in [1.54, 1.807) is 26.3 Å². The molecule has 10 heteroatoms. The summed E-state index contributed by atoms with van der Waals surface area (Å²) < 4.78 is 41.6. The third-order valence-electron chi connectivity index (χ3n) is 4.35. The summed E-state index contributed by atoms with van der Waals surface area (Å²) in [5, 5.41) is 6.73. The summed E-state index contributed by atoms with van der Waals surface area (Å²) in [6.45, 7) is 1.73. The Hall–Kier alpha value is -3.82. The standard InChI is InChI=1S/C21H19F3N6O/c1-3-14(6-9-25-2)17-12-18(21(22,23)24)30(29-17)16-4-5-19(27-13-16)28-20(31)15-7-10-26-11-8-15/h3-5,7-13H,6H2,1-2H3,(H,27,28,31)/b14-3+,25-9?. The molecule has 0 radical (unpaired) electrons. The van der Waals surface area contributed by atoms with Gasteiger partial charge in [-0.25, -0.2) is 9.67 Å². The molecule has 0 unspecified atom stereocenters. The second kappa shape index (κ2) is 9.33. The molecular weight excluding hydrogens is 409 g/mol. The molecule has 0 atom stereocenters. The number of halogens is 3. The summed E-state index contributed by atoms with van der Waals surface area (Å²) in [5.41, 5.74) is 0.381. The van der Waals surface area contributed by atoms with Crippen LogP contribution in [0, 0.1) is 0 Å². The maximum Gasteiger partial charge on any atom is 0.433 e. The molecule has 3 heterocycles.